The van der Waals surface area contributed by atoms with E-state index in [0.29, 0.717) is 6.10 Å². The summed E-state index contributed by atoms with van der Waals surface area (Å²) >= 11 is 0. The Labute approximate surface area is 106 Å². The first kappa shape index (κ1) is 13.3. The van der Waals surface area contributed by atoms with Gasteiger partial charge in [-0.3, -0.25) is 9.80 Å². The molecule has 1 atom stereocenters. The Morgan fingerprint density at radius 2 is 1.88 bits per heavy atom. The zero-order chi connectivity index (χ0) is 12.1. The molecule has 0 aliphatic carbocycles. The van der Waals surface area contributed by atoms with E-state index in [0.717, 1.165) is 19.2 Å². The zero-order valence-corrected chi connectivity index (χ0v) is 11.5. The Hall–Kier alpha value is -0.120. The van der Waals surface area contributed by atoms with Crippen LogP contribution in [-0.4, -0.2) is 61.3 Å². The molecule has 0 amide bonds. The van der Waals surface area contributed by atoms with Gasteiger partial charge in [0.05, 0.1) is 12.7 Å². The average molecular weight is 240 g/mol. The Morgan fingerprint density at radius 1 is 1.12 bits per heavy atom. The quantitative estimate of drug-likeness (QED) is 0.731. The van der Waals surface area contributed by atoms with Crippen molar-refractivity contribution in [2.45, 2.75) is 51.7 Å². The molecule has 2 rings (SSSR count). The maximum atomic E-state index is 5.65. The van der Waals surface area contributed by atoms with Crippen LogP contribution < -0.4 is 0 Å². The summed E-state index contributed by atoms with van der Waals surface area (Å²) in [6, 6.07) is 0.824. The van der Waals surface area contributed by atoms with Crippen LogP contribution in [0.1, 0.15) is 39.5 Å². The molecular formula is C14H28N2O. The van der Waals surface area contributed by atoms with Crippen LogP contribution in [0.3, 0.4) is 0 Å². The van der Waals surface area contributed by atoms with Gasteiger partial charge in [0.25, 0.3) is 0 Å². The van der Waals surface area contributed by atoms with Crippen molar-refractivity contribution < 1.29 is 4.74 Å². The van der Waals surface area contributed by atoms with E-state index < -0.39 is 0 Å². The first-order valence-corrected chi connectivity index (χ1v) is 7.33. The molecule has 0 bridgehead atoms. The van der Waals surface area contributed by atoms with Crippen molar-refractivity contribution in [2.24, 2.45) is 0 Å². The van der Waals surface area contributed by atoms with Crippen molar-refractivity contribution >= 4 is 0 Å². The van der Waals surface area contributed by atoms with Crippen molar-refractivity contribution in [1.29, 1.82) is 0 Å². The summed E-state index contributed by atoms with van der Waals surface area (Å²) in [5.41, 5.74) is 0. The highest BCUT2D eigenvalue weighted by Gasteiger charge is 2.26. The van der Waals surface area contributed by atoms with Gasteiger partial charge in [-0.25, -0.2) is 0 Å². The number of hydrogen-bond donors (Lipinski definition) is 0. The van der Waals surface area contributed by atoms with E-state index in [-0.39, 0.29) is 0 Å². The fraction of sp³-hybridized carbons (Fsp3) is 1.00. The standard InChI is InChI=1S/C14H28N2O/c1-13(2)17-11-10-15-7-5-6-14(12-15)16-8-3-4-9-16/h13-14H,3-12H2,1-2H3. The van der Waals surface area contributed by atoms with Gasteiger partial charge in [-0.1, -0.05) is 0 Å². The Morgan fingerprint density at radius 3 is 2.59 bits per heavy atom. The van der Waals surface area contributed by atoms with E-state index in [4.69, 9.17) is 4.74 Å². The molecule has 0 aromatic heterocycles. The van der Waals surface area contributed by atoms with Crippen LogP contribution in [0, 0.1) is 0 Å². The van der Waals surface area contributed by atoms with E-state index in [1.54, 1.807) is 0 Å². The summed E-state index contributed by atoms with van der Waals surface area (Å²) in [6.45, 7) is 11.4. The molecule has 0 N–H and O–H groups in total. The molecular weight excluding hydrogens is 212 g/mol. The highest BCUT2D eigenvalue weighted by atomic mass is 16.5. The third kappa shape index (κ3) is 4.23. The number of hydrogen-bond acceptors (Lipinski definition) is 3. The molecule has 17 heavy (non-hydrogen) atoms. The summed E-state index contributed by atoms with van der Waals surface area (Å²) in [6.07, 6.45) is 5.96. The van der Waals surface area contributed by atoms with Crippen molar-refractivity contribution in [2.75, 3.05) is 39.3 Å². The van der Waals surface area contributed by atoms with Gasteiger partial charge in [-0.05, 0) is 59.2 Å². The molecule has 0 radical (unpaired) electrons. The van der Waals surface area contributed by atoms with Crippen LogP contribution in [0.2, 0.25) is 0 Å². The van der Waals surface area contributed by atoms with Crippen LogP contribution in [0.4, 0.5) is 0 Å². The molecule has 2 saturated heterocycles. The van der Waals surface area contributed by atoms with Crippen molar-refractivity contribution in [3.63, 3.8) is 0 Å². The van der Waals surface area contributed by atoms with Gasteiger partial charge < -0.3 is 4.74 Å². The van der Waals surface area contributed by atoms with Gasteiger partial charge in [-0.2, -0.15) is 0 Å². The van der Waals surface area contributed by atoms with E-state index in [1.807, 2.05) is 0 Å². The van der Waals surface area contributed by atoms with Crippen LogP contribution in [0.5, 0.6) is 0 Å². The third-order valence-corrected chi connectivity index (χ3v) is 4.00. The number of ether oxygens (including phenoxy) is 1. The number of likely N-dealkylation sites (tertiary alicyclic amines) is 2. The lowest BCUT2D eigenvalue weighted by Gasteiger charge is -2.37. The van der Waals surface area contributed by atoms with Gasteiger partial charge in [0, 0.05) is 19.1 Å². The molecule has 2 aliphatic rings. The number of nitrogens with zero attached hydrogens (tertiary/aromatic N) is 2. The van der Waals surface area contributed by atoms with Crippen LogP contribution in [-0.2, 0) is 4.74 Å². The summed E-state index contributed by atoms with van der Waals surface area (Å²) in [5.74, 6) is 0. The third-order valence-electron chi connectivity index (χ3n) is 4.00. The smallest absolute Gasteiger partial charge is 0.0596 e. The van der Waals surface area contributed by atoms with Crippen LogP contribution in [0.15, 0.2) is 0 Å². The topological polar surface area (TPSA) is 15.7 Å². The monoisotopic (exact) mass is 240 g/mol. The fourth-order valence-electron chi connectivity index (χ4n) is 3.06. The SMILES string of the molecule is CC(C)OCCN1CCCC(N2CCCC2)C1. The highest BCUT2D eigenvalue weighted by molar-refractivity contribution is 4.83. The number of piperidine rings is 1. The molecule has 1 unspecified atom stereocenters. The maximum absolute atomic E-state index is 5.65. The Bertz CT molecular complexity index is 214. The first-order chi connectivity index (χ1) is 8.25. The summed E-state index contributed by atoms with van der Waals surface area (Å²) < 4.78 is 5.65. The van der Waals surface area contributed by atoms with E-state index in [1.165, 1.54) is 51.9 Å². The van der Waals surface area contributed by atoms with Gasteiger partial charge in [0.1, 0.15) is 0 Å². The Kier molecular flexibility index (Phi) is 5.26. The molecule has 3 nitrogen and oxygen atoms in total. The minimum atomic E-state index is 0.370. The van der Waals surface area contributed by atoms with Crippen molar-refractivity contribution in [1.82, 2.24) is 9.80 Å². The molecule has 0 aromatic rings. The summed E-state index contributed by atoms with van der Waals surface area (Å²) in [4.78, 5) is 5.30. The molecule has 100 valence electrons. The predicted molar refractivity (Wildman–Crippen MR) is 71.4 cm³/mol. The van der Waals surface area contributed by atoms with E-state index >= 15 is 0 Å². The first-order valence-electron chi connectivity index (χ1n) is 7.33. The van der Waals surface area contributed by atoms with Gasteiger partial charge in [-0.15, -0.1) is 0 Å². The second-order valence-corrected chi connectivity index (χ2v) is 5.76. The van der Waals surface area contributed by atoms with Gasteiger partial charge >= 0.3 is 0 Å². The van der Waals surface area contributed by atoms with Crippen molar-refractivity contribution in [3.8, 4) is 0 Å². The minimum Gasteiger partial charge on any atom is -0.377 e. The largest absolute Gasteiger partial charge is 0.377 e. The maximum Gasteiger partial charge on any atom is 0.0596 e. The molecule has 2 heterocycles. The average Bonchev–Trinajstić information content (AvgIpc) is 2.82. The number of rotatable bonds is 5. The van der Waals surface area contributed by atoms with Gasteiger partial charge in [0.2, 0.25) is 0 Å². The Balaban J connectivity index is 1.69. The molecule has 2 aliphatic heterocycles. The molecule has 0 saturated carbocycles. The zero-order valence-electron chi connectivity index (χ0n) is 11.5. The lowest BCUT2D eigenvalue weighted by atomic mass is 10.0. The fourth-order valence-corrected chi connectivity index (χ4v) is 3.06. The van der Waals surface area contributed by atoms with E-state index in [2.05, 4.69) is 23.6 Å². The predicted octanol–water partition coefficient (Wildman–Crippen LogP) is 1.97. The molecule has 2 fully saturated rings. The van der Waals surface area contributed by atoms with Crippen molar-refractivity contribution in [3.05, 3.63) is 0 Å². The second-order valence-electron chi connectivity index (χ2n) is 5.76. The lowest BCUT2D eigenvalue weighted by Crippen LogP contribution is -2.47. The minimum absolute atomic E-state index is 0.370. The van der Waals surface area contributed by atoms with Crippen LogP contribution >= 0.6 is 0 Å². The normalized spacial score (nSPS) is 28.1. The summed E-state index contributed by atoms with van der Waals surface area (Å²) in [5, 5.41) is 0. The van der Waals surface area contributed by atoms with Gasteiger partial charge in [0.15, 0.2) is 0 Å². The molecule has 3 heteroatoms. The van der Waals surface area contributed by atoms with E-state index in [9.17, 15) is 0 Å². The summed E-state index contributed by atoms with van der Waals surface area (Å²) in [7, 11) is 0. The highest BCUT2D eigenvalue weighted by Crippen LogP contribution is 2.20. The lowest BCUT2D eigenvalue weighted by molar-refractivity contribution is 0.0416. The molecule has 0 aromatic carbocycles. The second kappa shape index (κ2) is 6.72. The molecule has 0 spiro atoms. The van der Waals surface area contributed by atoms with Crippen LogP contribution in [0.25, 0.3) is 0 Å².